The van der Waals surface area contributed by atoms with E-state index in [0.29, 0.717) is 43.9 Å². The minimum Gasteiger partial charge on any atom is -0.477 e. The van der Waals surface area contributed by atoms with Gasteiger partial charge in [0.2, 0.25) is 17.7 Å². The van der Waals surface area contributed by atoms with Gasteiger partial charge in [-0.05, 0) is 26.2 Å². The number of nitrogens with one attached hydrogen (secondary N) is 3. The average molecular weight is 536 g/mol. The summed E-state index contributed by atoms with van der Waals surface area (Å²) in [6, 6.07) is -1.52. The van der Waals surface area contributed by atoms with E-state index in [4.69, 9.17) is 11.5 Å². The standard InChI is InChI=1S/C24H37N7O5S/c1-10-18-17(11(2)29-21(32)15-5-13(26)7-27-15)23(34)31(18)19(24(35)36)20(10)37-14-6-16(28-8-14)22(33)30-4-3-12(25)9-30/h10-18,27-28H,3-9,25-26H2,1-2H3,(H,29,32)(H,35,36)/t10-,11?,12-,13+,14+,15-,16+,17-,18-/m1/s1. The lowest BCUT2D eigenvalue weighted by Gasteiger charge is -2.47. The summed E-state index contributed by atoms with van der Waals surface area (Å²) in [5.74, 6) is -2.25. The van der Waals surface area contributed by atoms with Crippen LogP contribution in [-0.2, 0) is 19.2 Å². The summed E-state index contributed by atoms with van der Waals surface area (Å²) in [5.41, 5.74) is 11.9. The Labute approximate surface area is 220 Å². The van der Waals surface area contributed by atoms with E-state index in [-0.39, 0.29) is 64.8 Å². The van der Waals surface area contributed by atoms with Crippen molar-refractivity contribution in [2.24, 2.45) is 23.3 Å². The fourth-order valence-corrected chi connectivity index (χ4v) is 7.92. The van der Waals surface area contributed by atoms with Gasteiger partial charge >= 0.3 is 5.97 Å². The molecule has 0 aromatic heterocycles. The number of nitrogens with two attached hydrogens (primary N) is 2. The van der Waals surface area contributed by atoms with E-state index in [0.717, 1.165) is 6.42 Å². The molecular formula is C24H37N7O5S. The summed E-state index contributed by atoms with van der Waals surface area (Å²) in [6.45, 7) is 6.13. The topological polar surface area (TPSA) is 183 Å². The molecule has 0 aromatic carbocycles. The molecule has 0 aliphatic carbocycles. The molecular weight excluding hydrogens is 498 g/mol. The zero-order valence-corrected chi connectivity index (χ0v) is 22.0. The number of carboxylic acid groups (broad SMARTS) is 1. The number of likely N-dealkylation sites (tertiary alicyclic amines) is 1. The molecule has 5 rings (SSSR count). The molecule has 1 unspecified atom stereocenters. The van der Waals surface area contributed by atoms with E-state index >= 15 is 0 Å². The predicted octanol–water partition coefficient (Wildman–Crippen LogP) is -2.02. The Hall–Kier alpha value is -2.19. The Bertz CT molecular complexity index is 1020. The van der Waals surface area contributed by atoms with Crippen LogP contribution in [0.5, 0.6) is 0 Å². The van der Waals surface area contributed by atoms with Gasteiger partial charge < -0.3 is 42.3 Å². The number of carboxylic acids is 1. The Morgan fingerprint density at radius 3 is 2.49 bits per heavy atom. The van der Waals surface area contributed by atoms with Crippen molar-refractivity contribution in [1.29, 1.82) is 0 Å². The number of rotatable bonds is 7. The number of aliphatic carboxylic acids is 1. The van der Waals surface area contributed by atoms with Crippen molar-refractivity contribution in [1.82, 2.24) is 25.8 Å². The number of β-lactam (4-membered cyclic amide) rings is 1. The van der Waals surface area contributed by atoms with Gasteiger partial charge in [0.15, 0.2) is 0 Å². The van der Waals surface area contributed by atoms with E-state index in [9.17, 15) is 24.3 Å². The second-order valence-electron chi connectivity index (χ2n) is 11.1. The molecule has 0 spiro atoms. The lowest BCUT2D eigenvalue weighted by Crippen LogP contribution is -2.66. The van der Waals surface area contributed by atoms with Crippen LogP contribution in [0.3, 0.4) is 0 Å². The van der Waals surface area contributed by atoms with Crippen LogP contribution in [0.2, 0.25) is 0 Å². The molecule has 3 amide bonds. The van der Waals surface area contributed by atoms with Gasteiger partial charge in [-0.2, -0.15) is 0 Å². The van der Waals surface area contributed by atoms with Crippen LogP contribution in [0.25, 0.3) is 0 Å². The monoisotopic (exact) mass is 535 g/mol. The summed E-state index contributed by atoms with van der Waals surface area (Å²) in [5, 5.41) is 19.4. The van der Waals surface area contributed by atoms with E-state index in [1.807, 2.05) is 6.92 Å². The number of amides is 3. The molecule has 0 bridgehead atoms. The quantitative estimate of drug-likeness (QED) is 0.199. The maximum absolute atomic E-state index is 13.2. The zero-order valence-electron chi connectivity index (χ0n) is 21.2. The Balaban J connectivity index is 1.23. The third kappa shape index (κ3) is 4.76. The summed E-state index contributed by atoms with van der Waals surface area (Å²) in [4.78, 5) is 54.8. The van der Waals surface area contributed by atoms with Crippen LogP contribution in [0.1, 0.15) is 33.1 Å². The lowest BCUT2D eigenvalue weighted by atomic mass is 9.78. The van der Waals surface area contributed by atoms with Crippen LogP contribution in [0, 0.1) is 11.8 Å². The van der Waals surface area contributed by atoms with Crippen molar-refractivity contribution in [3.05, 3.63) is 10.6 Å². The Morgan fingerprint density at radius 2 is 1.86 bits per heavy atom. The number of thioether (sulfide) groups is 1. The van der Waals surface area contributed by atoms with E-state index in [1.165, 1.54) is 16.7 Å². The number of carbonyl (C=O) groups is 4. The van der Waals surface area contributed by atoms with Gasteiger partial charge in [0, 0.05) is 60.4 Å². The molecule has 5 aliphatic rings. The fraction of sp³-hybridized carbons (Fsp3) is 0.750. The van der Waals surface area contributed by atoms with E-state index < -0.39 is 17.9 Å². The highest BCUT2D eigenvalue weighted by atomic mass is 32.2. The SMILES string of the molecule is CC(NC(=O)[C@H]1C[C@H](N)CN1)[C@H]1C(=O)N2C(C(=O)O)=C(S[C@@H]3CN[C@H](C(=O)N4CC[C@@H](N)C4)C3)[C@H](C)[C@H]12. The van der Waals surface area contributed by atoms with Crippen LogP contribution < -0.4 is 27.4 Å². The van der Waals surface area contributed by atoms with E-state index in [2.05, 4.69) is 16.0 Å². The molecule has 0 radical (unpaired) electrons. The minimum absolute atomic E-state index is 0.0130. The van der Waals surface area contributed by atoms with Crippen LogP contribution >= 0.6 is 11.8 Å². The summed E-state index contributed by atoms with van der Waals surface area (Å²) in [7, 11) is 0. The highest BCUT2D eigenvalue weighted by Crippen LogP contribution is 2.51. The number of fused-ring (bicyclic) bond motifs is 1. The first-order valence-corrected chi connectivity index (χ1v) is 14.0. The summed E-state index contributed by atoms with van der Waals surface area (Å²) in [6.07, 6.45) is 1.93. The van der Waals surface area contributed by atoms with Crippen molar-refractivity contribution < 1.29 is 24.3 Å². The molecule has 204 valence electrons. The minimum atomic E-state index is -1.13. The molecule has 5 aliphatic heterocycles. The lowest BCUT2D eigenvalue weighted by molar-refractivity contribution is -0.158. The van der Waals surface area contributed by atoms with Crippen LogP contribution in [0.4, 0.5) is 0 Å². The van der Waals surface area contributed by atoms with Gasteiger partial charge in [-0.15, -0.1) is 11.8 Å². The smallest absolute Gasteiger partial charge is 0.353 e. The van der Waals surface area contributed by atoms with Crippen molar-refractivity contribution in [3.63, 3.8) is 0 Å². The fourth-order valence-electron chi connectivity index (χ4n) is 6.44. The molecule has 8 N–H and O–H groups in total. The third-order valence-corrected chi connectivity index (χ3v) is 9.91. The first-order chi connectivity index (χ1) is 17.6. The molecule has 9 atom stereocenters. The largest absolute Gasteiger partial charge is 0.477 e. The molecule has 4 saturated heterocycles. The number of carbonyl (C=O) groups excluding carboxylic acids is 3. The molecule has 0 saturated carbocycles. The van der Waals surface area contributed by atoms with Crippen molar-refractivity contribution in [3.8, 4) is 0 Å². The van der Waals surface area contributed by atoms with Gasteiger partial charge in [0.05, 0.1) is 24.0 Å². The molecule has 37 heavy (non-hydrogen) atoms. The highest BCUT2D eigenvalue weighted by molar-refractivity contribution is 8.03. The maximum atomic E-state index is 13.2. The summed E-state index contributed by atoms with van der Waals surface area (Å²) < 4.78 is 0. The number of nitrogens with zero attached hydrogens (tertiary/aromatic N) is 2. The Morgan fingerprint density at radius 1 is 1.14 bits per heavy atom. The molecule has 4 fully saturated rings. The molecule has 5 heterocycles. The van der Waals surface area contributed by atoms with Gasteiger partial charge in [-0.1, -0.05) is 6.92 Å². The van der Waals surface area contributed by atoms with Crippen LogP contribution in [0.15, 0.2) is 10.6 Å². The van der Waals surface area contributed by atoms with Crippen LogP contribution in [-0.4, -0.2) is 106 Å². The first-order valence-electron chi connectivity index (χ1n) is 13.1. The second-order valence-corrected chi connectivity index (χ2v) is 12.4. The average Bonchev–Trinajstić information content (AvgIpc) is 3.62. The molecule has 13 heteroatoms. The van der Waals surface area contributed by atoms with Gasteiger partial charge in [0.25, 0.3) is 0 Å². The van der Waals surface area contributed by atoms with Crippen molar-refractivity contribution in [2.45, 2.75) is 74.6 Å². The van der Waals surface area contributed by atoms with Gasteiger partial charge in [-0.25, -0.2) is 4.79 Å². The second kappa shape index (κ2) is 10.2. The highest BCUT2D eigenvalue weighted by Gasteiger charge is 2.60. The van der Waals surface area contributed by atoms with E-state index in [1.54, 1.807) is 11.8 Å². The van der Waals surface area contributed by atoms with Crippen molar-refractivity contribution >= 4 is 35.5 Å². The Kier molecular flexibility index (Phi) is 7.26. The zero-order chi connectivity index (χ0) is 26.6. The summed E-state index contributed by atoms with van der Waals surface area (Å²) >= 11 is 1.46. The predicted molar refractivity (Wildman–Crippen MR) is 137 cm³/mol. The number of hydrogen-bond donors (Lipinski definition) is 6. The number of hydrogen-bond acceptors (Lipinski definition) is 9. The van der Waals surface area contributed by atoms with Crippen molar-refractivity contribution in [2.75, 3.05) is 26.2 Å². The normalized spacial score (nSPS) is 38.1. The maximum Gasteiger partial charge on any atom is 0.353 e. The molecule has 0 aromatic rings. The molecule has 12 nitrogen and oxygen atoms in total. The van der Waals surface area contributed by atoms with Gasteiger partial charge in [-0.3, -0.25) is 14.4 Å². The third-order valence-electron chi connectivity index (χ3n) is 8.40. The van der Waals surface area contributed by atoms with Gasteiger partial charge in [0.1, 0.15) is 5.70 Å². The first kappa shape index (κ1) is 26.4.